The highest BCUT2D eigenvalue weighted by molar-refractivity contribution is 6.30. The highest BCUT2D eigenvalue weighted by atomic mass is 35.5. The van der Waals surface area contributed by atoms with E-state index in [1.165, 1.54) is 43.2 Å². The zero-order chi connectivity index (χ0) is 26.5. The van der Waals surface area contributed by atoms with Crippen molar-refractivity contribution in [3.8, 4) is 0 Å². The molecule has 206 valence electrons. The van der Waals surface area contributed by atoms with E-state index in [0.29, 0.717) is 11.9 Å². The molecular formula is C31H44ClN5O. The van der Waals surface area contributed by atoms with Gasteiger partial charge in [0, 0.05) is 87.3 Å². The summed E-state index contributed by atoms with van der Waals surface area (Å²) in [7, 11) is 0. The first-order valence-corrected chi connectivity index (χ1v) is 15.0. The first kappa shape index (κ1) is 27.6. The molecule has 1 aromatic carbocycles. The standard InChI is InChI=1S/C31H44ClN5O/c1-24(2)36-21-28(26-8-10-27(32)11-9-26)29(22-36)30(38)35-15-17-37(18-16-35)31(12-4-3-5-13-31)23-34-20-25-7-6-14-33-19-25/h6-11,14,19,24,28-29,34H,3-5,12-13,15-18,20-23H2,1-2H3/t28-,29+/m1/s1. The van der Waals surface area contributed by atoms with Gasteiger partial charge in [-0.3, -0.25) is 19.6 Å². The summed E-state index contributed by atoms with van der Waals surface area (Å²) in [5.74, 6) is 0.566. The fraction of sp³-hybridized carbons (Fsp3) is 0.613. The Bertz CT molecular complexity index is 1030. The molecule has 0 unspecified atom stereocenters. The van der Waals surface area contributed by atoms with Crippen molar-refractivity contribution >= 4 is 17.5 Å². The minimum Gasteiger partial charge on any atom is -0.340 e. The SMILES string of the molecule is CC(C)N1C[C@H](C(=O)N2CCN(C3(CNCc4cccnc4)CCCCC3)CC2)[C@@H](c2ccc(Cl)cc2)C1. The molecule has 3 heterocycles. The number of carbonyl (C=O) groups excluding carboxylic acids is 1. The van der Waals surface area contributed by atoms with Gasteiger partial charge in [-0.05, 0) is 56.0 Å². The Balaban J connectivity index is 1.22. The molecule has 2 aromatic rings. The van der Waals surface area contributed by atoms with Gasteiger partial charge < -0.3 is 10.2 Å². The van der Waals surface area contributed by atoms with E-state index in [-0.39, 0.29) is 17.4 Å². The lowest BCUT2D eigenvalue weighted by Gasteiger charge is -2.50. The smallest absolute Gasteiger partial charge is 0.227 e. The van der Waals surface area contributed by atoms with Crippen LogP contribution in [0.15, 0.2) is 48.8 Å². The zero-order valence-corrected chi connectivity index (χ0v) is 23.9. The van der Waals surface area contributed by atoms with Crippen LogP contribution in [0.25, 0.3) is 0 Å². The van der Waals surface area contributed by atoms with Gasteiger partial charge in [0.1, 0.15) is 0 Å². The number of likely N-dealkylation sites (tertiary alicyclic amines) is 1. The number of halogens is 1. The molecule has 0 spiro atoms. The molecule has 0 radical (unpaired) electrons. The van der Waals surface area contributed by atoms with Crippen LogP contribution in [0.3, 0.4) is 0 Å². The van der Waals surface area contributed by atoms with Gasteiger partial charge in [-0.15, -0.1) is 0 Å². The molecule has 1 aromatic heterocycles. The van der Waals surface area contributed by atoms with Crippen LogP contribution < -0.4 is 5.32 Å². The second-order valence-electron chi connectivity index (χ2n) is 11.9. The van der Waals surface area contributed by atoms with Gasteiger partial charge in [0.15, 0.2) is 0 Å². The Morgan fingerprint density at radius 1 is 1.05 bits per heavy atom. The summed E-state index contributed by atoms with van der Waals surface area (Å²) in [5, 5.41) is 4.50. The summed E-state index contributed by atoms with van der Waals surface area (Å²) < 4.78 is 0. The molecule has 2 atom stereocenters. The van der Waals surface area contributed by atoms with Crippen molar-refractivity contribution in [2.45, 2.75) is 70.0 Å². The third-order valence-corrected chi connectivity index (χ3v) is 9.50. The van der Waals surface area contributed by atoms with E-state index in [4.69, 9.17) is 11.6 Å². The van der Waals surface area contributed by atoms with Gasteiger partial charge in [0.2, 0.25) is 5.91 Å². The average molecular weight is 538 g/mol. The lowest BCUT2D eigenvalue weighted by molar-refractivity contribution is -0.138. The van der Waals surface area contributed by atoms with Crippen LogP contribution in [-0.2, 0) is 11.3 Å². The van der Waals surface area contributed by atoms with Crippen LogP contribution >= 0.6 is 11.6 Å². The van der Waals surface area contributed by atoms with Crippen molar-refractivity contribution in [2.24, 2.45) is 5.92 Å². The van der Waals surface area contributed by atoms with Crippen LogP contribution in [0.4, 0.5) is 0 Å². The summed E-state index contributed by atoms with van der Waals surface area (Å²) >= 11 is 6.17. The lowest BCUT2D eigenvalue weighted by atomic mass is 9.79. The number of nitrogens with zero attached hydrogens (tertiary/aromatic N) is 4. The van der Waals surface area contributed by atoms with Gasteiger partial charge in [-0.25, -0.2) is 0 Å². The Morgan fingerprint density at radius 3 is 2.45 bits per heavy atom. The zero-order valence-electron chi connectivity index (χ0n) is 23.1. The third kappa shape index (κ3) is 6.25. The fourth-order valence-electron chi connectivity index (χ4n) is 6.95. The summed E-state index contributed by atoms with van der Waals surface area (Å²) in [4.78, 5) is 25.5. The van der Waals surface area contributed by atoms with E-state index in [1.807, 2.05) is 30.6 Å². The number of benzene rings is 1. The van der Waals surface area contributed by atoms with E-state index >= 15 is 0 Å². The van der Waals surface area contributed by atoms with Crippen LogP contribution in [-0.4, -0.2) is 83.0 Å². The summed E-state index contributed by atoms with van der Waals surface area (Å²) in [5.41, 5.74) is 2.66. The van der Waals surface area contributed by atoms with E-state index in [1.54, 1.807) is 0 Å². The van der Waals surface area contributed by atoms with Gasteiger partial charge in [-0.2, -0.15) is 0 Å². The third-order valence-electron chi connectivity index (χ3n) is 9.25. The van der Waals surface area contributed by atoms with Gasteiger partial charge in [-0.1, -0.05) is 49.1 Å². The van der Waals surface area contributed by atoms with Crippen molar-refractivity contribution < 1.29 is 4.79 Å². The Hall–Kier alpha value is -1.99. The maximum atomic E-state index is 13.9. The molecule has 38 heavy (non-hydrogen) atoms. The normalized spacial score (nSPS) is 24.7. The molecule has 1 N–H and O–H groups in total. The van der Waals surface area contributed by atoms with E-state index < -0.39 is 0 Å². The predicted octanol–water partition coefficient (Wildman–Crippen LogP) is 4.80. The number of amides is 1. The van der Waals surface area contributed by atoms with Crippen molar-refractivity contribution in [3.05, 3.63) is 64.9 Å². The molecule has 0 bridgehead atoms. The van der Waals surface area contributed by atoms with Gasteiger partial charge in [0.05, 0.1) is 5.92 Å². The monoisotopic (exact) mass is 537 g/mol. The molecule has 2 saturated heterocycles. The maximum Gasteiger partial charge on any atom is 0.227 e. The predicted molar refractivity (Wildman–Crippen MR) is 154 cm³/mol. The van der Waals surface area contributed by atoms with Crippen molar-refractivity contribution in [1.82, 2.24) is 25.0 Å². The Morgan fingerprint density at radius 2 is 1.79 bits per heavy atom. The van der Waals surface area contributed by atoms with E-state index in [0.717, 1.165) is 57.4 Å². The fourth-order valence-corrected chi connectivity index (χ4v) is 7.07. The lowest BCUT2D eigenvalue weighted by Crippen LogP contribution is -2.62. The van der Waals surface area contributed by atoms with Crippen molar-refractivity contribution in [1.29, 1.82) is 0 Å². The largest absolute Gasteiger partial charge is 0.340 e. The first-order chi connectivity index (χ1) is 18.4. The number of piperazine rings is 1. The second-order valence-corrected chi connectivity index (χ2v) is 12.3. The number of rotatable bonds is 8. The van der Waals surface area contributed by atoms with Gasteiger partial charge in [0.25, 0.3) is 0 Å². The molecule has 1 saturated carbocycles. The molecule has 1 amide bonds. The Labute approximate surface area is 233 Å². The minimum absolute atomic E-state index is 0.00918. The molecule has 3 fully saturated rings. The number of hydrogen-bond acceptors (Lipinski definition) is 5. The van der Waals surface area contributed by atoms with Crippen molar-refractivity contribution in [3.63, 3.8) is 0 Å². The summed E-state index contributed by atoms with van der Waals surface area (Å²) in [6.07, 6.45) is 10.2. The van der Waals surface area contributed by atoms with Gasteiger partial charge >= 0.3 is 0 Å². The second kappa shape index (κ2) is 12.5. The van der Waals surface area contributed by atoms with E-state index in [2.05, 4.69) is 57.0 Å². The number of carbonyl (C=O) groups is 1. The molecule has 6 nitrogen and oxygen atoms in total. The molecule has 7 heteroatoms. The number of pyridine rings is 1. The molecule has 3 aliphatic rings. The first-order valence-electron chi connectivity index (χ1n) is 14.6. The molecule has 1 aliphatic carbocycles. The topological polar surface area (TPSA) is 51.7 Å². The number of hydrogen-bond donors (Lipinski definition) is 1. The Kier molecular flexibility index (Phi) is 9.04. The maximum absolute atomic E-state index is 13.9. The number of nitrogens with one attached hydrogen (secondary N) is 1. The van der Waals surface area contributed by atoms with Crippen LogP contribution in [0.2, 0.25) is 5.02 Å². The minimum atomic E-state index is 0.00918. The van der Waals surface area contributed by atoms with Crippen molar-refractivity contribution in [2.75, 3.05) is 45.8 Å². The average Bonchev–Trinajstić information content (AvgIpc) is 3.40. The molecule has 2 aliphatic heterocycles. The van der Waals surface area contributed by atoms with E-state index in [9.17, 15) is 4.79 Å². The summed E-state index contributed by atoms with van der Waals surface area (Å²) in [6.45, 7) is 11.7. The molecular weight excluding hydrogens is 494 g/mol. The van der Waals surface area contributed by atoms with Crippen LogP contribution in [0.1, 0.15) is 63.0 Å². The summed E-state index contributed by atoms with van der Waals surface area (Å²) in [6, 6.07) is 12.7. The molecule has 5 rings (SSSR count). The quantitative estimate of drug-likeness (QED) is 0.524. The number of aromatic nitrogens is 1. The highest BCUT2D eigenvalue weighted by Crippen LogP contribution is 2.37. The van der Waals surface area contributed by atoms with Crippen LogP contribution in [0.5, 0.6) is 0 Å². The van der Waals surface area contributed by atoms with Crippen LogP contribution in [0, 0.1) is 5.92 Å². The highest BCUT2D eigenvalue weighted by Gasteiger charge is 2.43.